The van der Waals surface area contributed by atoms with Gasteiger partial charge in [0.25, 0.3) is 0 Å². The monoisotopic (exact) mass is 576 g/mol. The van der Waals surface area contributed by atoms with Crippen molar-refractivity contribution in [3.8, 4) is 0 Å². The largest absolute Gasteiger partial charge is 0.346 e. The van der Waals surface area contributed by atoms with Crippen molar-refractivity contribution in [3.63, 3.8) is 0 Å². The van der Waals surface area contributed by atoms with Gasteiger partial charge in [-0.25, -0.2) is 0 Å². The highest BCUT2D eigenvalue weighted by molar-refractivity contribution is 6.78. The highest BCUT2D eigenvalue weighted by Gasteiger charge is 2.20. The Bertz CT molecular complexity index is 650. The molecule has 0 spiro atoms. The molecule has 0 aliphatic heterocycles. The van der Waals surface area contributed by atoms with Crippen LogP contribution >= 0.6 is 0 Å². The Labute approximate surface area is 252 Å². The second-order valence-electron chi connectivity index (χ2n) is 13.4. The summed E-state index contributed by atoms with van der Waals surface area (Å²) < 4.78 is 0. The van der Waals surface area contributed by atoms with Crippen LogP contribution in [0.3, 0.4) is 0 Å². The van der Waals surface area contributed by atoms with Crippen molar-refractivity contribution in [1.29, 1.82) is 0 Å². The molecule has 0 bridgehead atoms. The zero-order chi connectivity index (χ0) is 29.7. The minimum atomic E-state index is -1.30. The van der Waals surface area contributed by atoms with Crippen LogP contribution in [0.15, 0.2) is 24.3 Å². The molecule has 0 aromatic rings. The summed E-state index contributed by atoms with van der Waals surface area (Å²) in [4.78, 5) is 26.1. The lowest BCUT2D eigenvalue weighted by molar-refractivity contribution is -0.127. The summed E-state index contributed by atoms with van der Waals surface area (Å²) in [6, 6.07) is 0.771. The molecule has 40 heavy (non-hydrogen) atoms. The Hall–Kier alpha value is -1.16. The van der Waals surface area contributed by atoms with Gasteiger partial charge < -0.3 is 4.90 Å². The maximum absolute atomic E-state index is 12.2. The van der Waals surface area contributed by atoms with Gasteiger partial charge in [-0.15, -0.1) is 0 Å². The molecule has 4 heteroatoms. The average molecular weight is 576 g/mol. The van der Waals surface area contributed by atoms with E-state index in [0.717, 1.165) is 51.1 Å². The van der Waals surface area contributed by atoms with Crippen LogP contribution in [0.25, 0.3) is 0 Å². The van der Waals surface area contributed by atoms with Crippen molar-refractivity contribution in [3.05, 3.63) is 24.3 Å². The lowest BCUT2D eigenvalue weighted by atomic mass is 10.0. The quantitative estimate of drug-likeness (QED) is 0.0505. The summed E-state index contributed by atoms with van der Waals surface area (Å²) in [7, 11) is 0.664. The molecule has 0 saturated carbocycles. The Balaban J connectivity index is 3.38. The van der Waals surface area contributed by atoms with Crippen LogP contribution in [0, 0.1) is 0 Å². The Morgan fingerprint density at radius 3 is 1.48 bits per heavy atom. The molecule has 0 saturated heterocycles. The topological polar surface area (TPSA) is 37.4 Å². The minimum Gasteiger partial charge on any atom is -0.346 e. The van der Waals surface area contributed by atoms with Gasteiger partial charge in [0.15, 0.2) is 0 Å². The highest BCUT2D eigenvalue weighted by Crippen LogP contribution is 2.14. The van der Waals surface area contributed by atoms with Crippen LogP contribution in [0.4, 0.5) is 0 Å². The second kappa shape index (κ2) is 28.0. The van der Waals surface area contributed by atoms with E-state index < -0.39 is 8.07 Å². The molecule has 0 heterocycles. The highest BCUT2D eigenvalue weighted by atomic mass is 28.3. The van der Waals surface area contributed by atoms with Gasteiger partial charge in [-0.05, 0) is 51.4 Å². The molecular weight excluding hydrogens is 506 g/mol. The number of amides is 1. The summed E-state index contributed by atoms with van der Waals surface area (Å²) in [6.07, 6.45) is 37.2. The first-order valence-corrected chi connectivity index (χ1v) is 21.0. The molecule has 3 nitrogen and oxygen atoms in total. The maximum Gasteiger partial charge on any atom is 0.219 e. The lowest BCUT2D eigenvalue weighted by Gasteiger charge is -2.22. The van der Waals surface area contributed by atoms with Gasteiger partial charge in [-0.1, -0.05) is 134 Å². The minimum absolute atomic E-state index is 0.333. The Kier molecular flexibility index (Phi) is 27.2. The predicted octanol–water partition coefficient (Wildman–Crippen LogP) is 11.5. The molecular formula is C36H69NO2Si. The fraction of sp³-hybridized carbons (Fsp3) is 0.833. The summed E-state index contributed by atoms with van der Waals surface area (Å²) in [5, 5.41) is 0. The van der Waals surface area contributed by atoms with Crippen LogP contribution in [-0.4, -0.2) is 38.3 Å². The van der Waals surface area contributed by atoms with Gasteiger partial charge in [0.2, 0.25) is 5.91 Å². The fourth-order valence-electron chi connectivity index (χ4n) is 5.06. The van der Waals surface area contributed by atoms with Crippen molar-refractivity contribution in [2.24, 2.45) is 0 Å². The first-order valence-electron chi connectivity index (χ1n) is 17.3. The van der Waals surface area contributed by atoms with E-state index in [0.29, 0.717) is 11.7 Å². The number of rotatable bonds is 29. The maximum atomic E-state index is 12.2. The third-order valence-corrected chi connectivity index (χ3v) is 9.08. The molecule has 1 amide bonds. The first-order chi connectivity index (χ1) is 19.3. The number of hydrogen-bond donors (Lipinski definition) is 0. The predicted molar refractivity (Wildman–Crippen MR) is 181 cm³/mol. The number of hydrogen-bond acceptors (Lipinski definition) is 2. The number of carbonyl (C=O) groups excluding carboxylic acids is 2. The van der Waals surface area contributed by atoms with Crippen LogP contribution in [0.2, 0.25) is 25.7 Å². The normalized spacial score (nSPS) is 12.1. The third kappa shape index (κ3) is 29.8. The molecule has 0 aromatic carbocycles. The van der Waals surface area contributed by atoms with E-state index in [1.54, 1.807) is 0 Å². The first kappa shape index (κ1) is 38.8. The van der Waals surface area contributed by atoms with Crippen molar-refractivity contribution in [2.45, 2.75) is 180 Å². The molecule has 0 fully saturated rings. The van der Waals surface area contributed by atoms with E-state index in [2.05, 4.69) is 50.9 Å². The van der Waals surface area contributed by atoms with Crippen LogP contribution in [0.1, 0.15) is 155 Å². The molecule has 0 aliphatic rings. The van der Waals surface area contributed by atoms with E-state index in [1.165, 1.54) is 109 Å². The number of nitrogens with zero attached hydrogens (tertiary/aromatic N) is 1. The van der Waals surface area contributed by atoms with Crippen LogP contribution in [-0.2, 0) is 9.59 Å². The summed E-state index contributed by atoms with van der Waals surface area (Å²) in [5.41, 5.74) is 0. The molecule has 0 N–H and O–H groups in total. The fourth-order valence-corrected chi connectivity index (χ4v) is 6.23. The molecule has 0 atom stereocenters. The van der Waals surface area contributed by atoms with Crippen molar-refractivity contribution in [2.75, 3.05) is 13.6 Å². The van der Waals surface area contributed by atoms with E-state index in [9.17, 15) is 9.59 Å². The molecule has 0 aromatic heterocycles. The average Bonchev–Trinajstić information content (AvgIpc) is 2.90. The number of Topliss-reactive ketones (excluding diaryl/α,β-unsaturated/α-hetero) is 1. The summed E-state index contributed by atoms with van der Waals surface area (Å²) >= 11 is 0. The summed E-state index contributed by atoms with van der Waals surface area (Å²) in [5.74, 6) is 0.830. The number of allylic oxidation sites excluding steroid dienone is 4. The van der Waals surface area contributed by atoms with E-state index >= 15 is 0 Å². The number of carbonyl (C=O) groups is 2. The molecule has 0 rings (SSSR count). The van der Waals surface area contributed by atoms with Crippen LogP contribution < -0.4 is 0 Å². The molecule has 0 unspecified atom stereocenters. The zero-order valence-electron chi connectivity index (χ0n) is 27.8. The molecule has 0 aliphatic carbocycles. The number of unbranched alkanes of at least 4 members (excludes halogenated alkanes) is 17. The van der Waals surface area contributed by atoms with Gasteiger partial charge in [0, 0.05) is 32.5 Å². The van der Waals surface area contributed by atoms with Gasteiger partial charge in [-0.2, -0.15) is 0 Å². The zero-order valence-corrected chi connectivity index (χ0v) is 28.8. The van der Waals surface area contributed by atoms with Gasteiger partial charge in [0.1, 0.15) is 5.78 Å². The van der Waals surface area contributed by atoms with Gasteiger partial charge in [-0.3, -0.25) is 9.59 Å². The van der Waals surface area contributed by atoms with E-state index in [4.69, 9.17) is 0 Å². The molecule has 234 valence electrons. The van der Waals surface area contributed by atoms with Crippen molar-refractivity contribution in [1.82, 2.24) is 4.90 Å². The van der Waals surface area contributed by atoms with Gasteiger partial charge >= 0.3 is 0 Å². The Morgan fingerprint density at radius 2 is 1.00 bits per heavy atom. The van der Waals surface area contributed by atoms with E-state index in [-0.39, 0.29) is 0 Å². The lowest BCUT2D eigenvalue weighted by Crippen LogP contribution is -2.34. The van der Waals surface area contributed by atoms with Crippen molar-refractivity contribution < 1.29 is 9.59 Å². The molecule has 0 radical (unpaired) electrons. The van der Waals surface area contributed by atoms with Crippen LogP contribution in [0.5, 0.6) is 0 Å². The second-order valence-corrected chi connectivity index (χ2v) is 18.8. The van der Waals surface area contributed by atoms with Crippen molar-refractivity contribution >= 4 is 19.8 Å². The Morgan fingerprint density at radius 1 is 0.575 bits per heavy atom. The number of ketones is 1. The smallest absolute Gasteiger partial charge is 0.219 e. The SMILES string of the molecule is CCCCCCCCCC(=O)CCCCCCCCC/C=C\C/C=C\CCCCCCN(C)C(=O)C[Si](C)(C)C. The standard InChI is InChI=1S/C36H69NO2Si/c1-6-7-8-9-22-25-28-31-35(38)32-29-26-23-20-18-16-14-12-10-11-13-15-17-19-21-24-27-30-33-37(2)36(39)34-40(3,4)5/h10-11,15,17H,6-9,12-14,16,18-34H2,1-5H3/b11-10-,17-15-. The van der Waals surface area contributed by atoms with Gasteiger partial charge in [0.05, 0.1) is 8.07 Å². The van der Waals surface area contributed by atoms with E-state index in [1.807, 2.05) is 11.9 Å². The summed E-state index contributed by atoms with van der Waals surface area (Å²) in [6.45, 7) is 9.95. The third-order valence-electron chi connectivity index (χ3n) is 7.71.